The minimum atomic E-state index is -1.23. The fourth-order valence-electron chi connectivity index (χ4n) is 6.38. The van der Waals surface area contributed by atoms with E-state index < -0.39 is 18.6 Å². The van der Waals surface area contributed by atoms with Crippen molar-refractivity contribution in [2.24, 2.45) is 12.5 Å². The maximum Gasteiger partial charge on any atom is 0.233 e. The zero-order chi connectivity index (χ0) is 29.1. The van der Waals surface area contributed by atoms with Gasteiger partial charge in [-0.3, -0.25) is 19.3 Å². The van der Waals surface area contributed by atoms with Crippen molar-refractivity contribution < 1.29 is 19.8 Å². The summed E-state index contributed by atoms with van der Waals surface area (Å²) < 4.78 is 3.23. The molecular formula is C29H34N8O4. The molecular weight excluding hydrogens is 524 g/mol. The molecule has 2 aliphatic rings. The monoisotopic (exact) mass is 558 g/mol. The van der Waals surface area contributed by atoms with Crippen LogP contribution in [0.15, 0.2) is 36.8 Å². The summed E-state index contributed by atoms with van der Waals surface area (Å²) in [5, 5.41) is 28.5. The summed E-state index contributed by atoms with van der Waals surface area (Å²) in [6, 6.07) is 5.58. The van der Waals surface area contributed by atoms with Gasteiger partial charge in [0, 0.05) is 48.6 Å². The molecule has 4 aromatic rings. The third-order valence-electron chi connectivity index (χ3n) is 8.68. The number of piperidine rings is 1. The lowest BCUT2D eigenvalue weighted by Crippen LogP contribution is -2.54. The Balaban J connectivity index is 1.37. The second kappa shape index (κ2) is 10.0. The molecule has 1 amide bonds. The molecule has 0 aliphatic carbocycles. The van der Waals surface area contributed by atoms with Crippen LogP contribution in [-0.2, 0) is 11.8 Å². The topological polar surface area (TPSA) is 165 Å². The molecule has 3 atom stereocenters. The van der Waals surface area contributed by atoms with E-state index in [9.17, 15) is 19.8 Å². The van der Waals surface area contributed by atoms with Gasteiger partial charge in [-0.25, -0.2) is 4.98 Å². The zero-order valence-corrected chi connectivity index (χ0v) is 23.4. The van der Waals surface area contributed by atoms with E-state index in [2.05, 4.69) is 15.2 Å². The summed E-state index contributed by atoms with van der Waals surface area (Å²) in [7, 11) is 1.86. The number of nitrogens with zero attached hydrogens (tertiary/aromatic N) is 7. The summed E-state index contributed by atoms with van der Waals surface area (Å²) >= 11 is 0. The summed E-state index contributed by atoms with van der Waals surface area (Å²) in [5.74, 6) is -0.280. The Kier molecular flexibility index (Phi) is 6.62. The Hall–Kier alpha value is -4.16. The number of hydrogen-bond donors (Lipinski definition) is 3. The number of nitrogen functional groups attached to an aromatic ring is 1. The van der Waals surface area contributed by atoms with E-state index in [1.807, 2.05) is 36.3 Å². The highest BCUT2D eigenvalue weighted by Crippen LogP contribution is 2.46. The van der Waals surface area contributed by atoms with E-state index in [0.717, 1.165) is 35.4 Å². The standard InChI is InChI=1S/C29H34N8O4/c1-16(40)24-25(18-10-19-5-6-20(11-18)36(19)28(41)29(2,14-38)15-39)33-27-21(13-32-37(27)26(24)30)17-4-7-22(31-12-17)23-8-9-35(3)34-23/h4,7-9,12-13,18-20,38-39H,5-6,10-11,14-15,30H2,1-3H3/t18-,19-,20+. The third-order valence-corrected chi connectivity index (χ3v) is 8.68. The van der Waals surface area contributed by atoms with Gasteiger partial charge in [0.25, 0.3) is 0 Å². The van der Waals surface area contributed by atoms with Gasteiger partial charge in [0.15, 0.2) is 11.4 Å². The molecule has 0 saturated carbocycles. The Bertz CT molecular complexity index is 1620. The smallest absolute Gasteiger partial charge is 0.233 e. The Morgan fingerprint density at radius 3 is 2.34 bits per heavy atom. The first kappa shape index (κ1) is 27.0. The SMILES string of the molecule is CC(=O)c1c([C@@H]2C[C@H]3CC[C@@H](C2)N3C(=O)C(C)(CO)CO)nc2c(-c3ccc(-c4ccn(C)n4)nc3)cnn2c1N. The normalized spacial score (nSPS) is 20.6. The van der Waals surface area contributed by atoms with Crippen LogP contribution in [0.3, 0.4) is 0 Å². The summed E-state index contributed by atoms with van der Waals surface area (Å²) in [6.07, 6.45) is 8.16. The second-order valence-corrected chi connectivity index (χ2v) is 11.6. The van der Waals surface area contributed by atoms with Gasteiger partial charge in [-0.15, -0.1) is 0 Å². The average Bonchev–Trinajstić information content (AvgIpc) is 3.67. The molecule has 4 aromatic heterocycles. The maximum atomic E-state index is 13.4. The van der Waals surface area contributed by atoms with E-state index in [4.69, 9.17) is 10.7 Å². The molecule has 2 bridgehead atoms. The third kappa shape index (κ3) is 4.38. The van der Waals surface area contributed by atoms with Gasteiger partial charge < -0.3 is 20.8 Å². The van der Waals surface area contributed by atoms with Crippen LogP contribution in [0.4, 0.5) is 5.82 Å². The minimum Gasteiger partial charge on any atom is -0.395 e. The first-order valence-corrected chi connectivity index (χ1v) is 13.8. The van der Waals surface area contributed by atoms with E-state index in [1.165, 1.54) is 11.4 Å². The van der Waals surface area contributed by atoms with Crippen molar-refractivity contribution >= 4 is 23.2 Å². The van der Waals surface area contributed by atoms with Gasteiger partial charge in [-0.1, -0.05) is 6.07 Å². The number of Topliss-reactive ketones (excluding diaryl/α,β-unsaturated/α-hetero) is 1. The predicted molar refractivity (Wildman–Crippen MR) is 151 cm³/mol. The average molecular weight is 559 g/mol. The van der Waals surface area contributed by atoms with Crippen molar-refractivity contribution in [2.75, 3.05) is 18.9 Å². The predicted octanol–water partition coefficient (Wildman–Crippen LogP) is 2.20. The first-order valence-electron chi connectivity index (χ1n) is 13.8. The lowest BCUT2D eigenvalue weighted by molar-refractivity contribution is -0.151. The number of ketones is 1. The van der Waals surface area contributed by atoms with Gasteiger partial charge in [-0.2, -0.15) is 14.7 Å². The number of carbonyl (C=O) groups excluding carboxylic acids is 2. The van der Waals surface area contributed by atoms with E-state index in [1.54, 1.807) is 24.0 Å². The molecule has 0 aromatic carbocycles. The molecule has 4 N–H and O–H groups in total. The minimum absolute atomic E-state index is 0.0737. The molecule has 0 spiro atoms. The van der Waals surface area contributed by atoms with Crippen molar-refractivity contribution in [1.82, 2.24) is 34.3 Å². The number of amides is 1. The molecule has 0 unspecified atom stereocenters. The highest BCUT2D eigenvalue weighted by molar-refractivity contribution is 6.00. The summed E-state index contributed by atoms with van der Waals surface area (Å²) in [4.78, 5) is 37.7. The van der Waals surface area contributed by atoms with E-state index in [-0.39, 0.29) is 35.5 Å². The van der Waals surface area contributed by atoms with Crippen LogP contribution in [0.1, 0.15) is 61.5 Å². The number of aliphatic hydroxyl groups excluding tert-OH is 2. The number of pyridine rings is 1. The molecule has 12 nitrogen and oxygen atoms in total. The van der Waals surface area contributed by atoms with E-state index in [0.29, 0.717) is 29.7 Å². The van der Waals surface area contributed by atoms with Crippen molar-refractivity contribution in [3.8, 4) is 22.5 Å². The van der Waals surface area contributed by atoms with Crippen LogP contribution >= 0.6 is 0 Å². The number of nitrogens with two attached hydrogens (primary N) is 1. The van der Waals surface area contributed by atoms with Gasteiger partial charge in [0.2, 0.25) is 5.91 Å². The second-order valence-electron chi connectivity index (χ2n) is 11.6. The van der Waals surface area contributed by atoms with Crippen LogP contribution < -0.4 is 5.73 Å². The molecule has 12 heteroatoms. The Labute approximate surface area is 236 Å². The summed E-state index contributed by atoms with van der Waals surface area (Å²) in [6.45, 7) is 2.22. The highest BCUT2D eigenvalue weighted by atomic mass is 16.3. The number of anilines is 1. The molecule has 6 rings (SSSR count). The number of aromatic nitrogens is 6. The number of rotatable bonds is 7. The largest absolute Gasteiger partial charge is 0.395 e. The Morgan fingerprint density at radius 1 is 1.07 bits per heavy atom. The lowest BCUT2D eigenvalue weighted by Gasteiger charge is -2.42. The number of fused-ring (bicyclic) bond motifs is 3. The number of hydrogen-bond acceptors (Lipinski definition) is 9. The Morgan fingerprint density at radius 2 is 1.78 bits per heavy atom. The molecule has 41 heavy (non-hydrogen) atoms. The van der Waals surface area contributed by atoms with Gasteiger partial charge >= 0.3 is 0 Å². The van der Waals surface area contributed by atoms with Crippen LogP contribution in [0, 0.1) is 5.41 Å². The van der Waals surface area contributed by atoms with Crippen LogP contribution in [0.2, 0.25) is 0 Å². The molecule has 214 valence electrons. The van der Waals surface area contributed by atoms with Crippen LogP contribution in [-0.4, -0.2) is 81.5 Å². The fourth-order valence-corrected chi connectivity index (χ4v) is 6.38. The molecule has 2 saturated heterocycles. The van der Waals surface area contributed by atoms with Crippen molar-refractivity contribution in [3.63, 3.8) is 0 Å². The number of carbonyl (C=O) groups is 2. The van der Waals surface area contributed by atoms with Crippen molar-refractivity contribution in [1.29, 1.82) is 0 Å². The van der Waals surface area contributed by atoms with Gasteiger partial charge in [0.05, 0.1) is 41.8 Å². The summed E-state index contributed by atoms with van der Waals surface area (Å²) in [5.41, 5.74) is 9.92. The molecule has 2 aliphatic heterocycles. The molecule has 0 radical (unpaired) electrons. The van der Waals surface area contributed by atoms with Gasteiger partial charge in [-0.05, 0) is 51.7 Å². The quantitative estimate of drug-likeness (QED) is 0.288. The van der Waals surface area contributed by atoms with E-state index >= 15 is 0 Å². The number of aryl methyl sites for hydroxylation is 1. The number of aliphatic hydroxyl groups is 2. The first-order chi connectivity index (χ1) is 19.6. The highest BCUT2D eigenvalue weighted by Gasteiger charge is 2.49. The van der Waals surface area contributed by atoms with Crippen LogP contribution in [0.25, 0.3) is 28.2 Å². The molecule has 2 fully saturated rings. The lowest BCUT2D eigenvalue weighted by atomic mass is 9.82. The van der Waals surface area contributed by atoms with Crippen LogP contribution in [0.5, 0.6) is 0 Å². The zero-order valence-electron chi connectivity index (χ0n) is 23.4. The fraction of sp³-hybridized carbons (Fsp3) is 0.448. The maximum absolute atomic E-state index is 13.4. The molecule has 6 heterocycles. The van der Waals surface area contributed by atoms with Crippen molar-refractivity contribution in [3.05, 3.63) is 48.0 Å². The van der Waals surface area contributed by atoms with Crippen molar-refractivity contribution in [2.45, 2.75) is 57.5 Å². The van der Waals surface area contributed by atoms with Gasteiger partial charge in [0.1, 0.15) is 11.5 Å².